The minimum absolute atomic E-state index is 0.224. The zero-order valence-corrected chi connectivity index (χ0v) is 17.4. The summed E-state index contributed by atoms with van der Waals surface area (Å²) < 4.78 is 14.9. The van der Waals surface area contributed by atoms with Crippen molar-refractivity contribution >= 4 is 22.6 Å². The van der Waals surface area contributed by atoms with Gasteiger partial charge in [-0.2, -0.15) is 0 Å². The van der Waals surface area contributed by atoms with E-state index < -0.39 is 6.04 Å². The zero-order chi connectivity index (χ0) is 21.4. The first kappa shape index (κ1) is 19.4. The van der Waals surface area contributed by atoms with Crippen LogP contribution in [-0.4, -0.2) is 22.5 Å². The first-order chi connectivity index (χ1) is 15.2. The van der Waals surface area contributed by atoms with Crippen molar-refractivity contribution in [2.24, 2.45) is 0 Å². The van der Waals surface area contributed by atoms with E-state index in [2.05, 4.69) is 23.3 Å². The molecule has 5 heteroatoms. The highest BCUT2D eigenvalue weighted by atomic mass is 19.1. The van der Waals surface area contributed by atoms with Gasteiger partial charge in [0.2, 0.25) is 0 Å². The zero-order valence-electron chi connectivity index (χ0n) is 17.4. The lowest BCUT2D eigenvalue weighted by atomic mass is 9.92. The fourth-order valence-electron chi connectivity index (χ4n) is 4.62. The molecule has 0 bridgehead atoms. The van der Waals surface area contributed by atoms with Crippen LogP contribution in [0.3, 0.4) is 0 Å². The van der Waals surface area contributed by atoms with Crippen LogP contribution in [-0.2, 0) is 12.8 Å². The summed E-state index contributed by atoms with van der Waals surface area (Å²) in [5, 5.41) is 4.20. The molecule has 2 heterocycles. The maximum Gasteiger partial charge on any atom is 0.322 e. The molecule has 0 saturated heterocycles. The average Bonchev–Trinajstić information content (AvgIpc) is 3.18. The molecule has 156 valence electrons. The number of rotatable bonds is 3. The van der Waals surface area contributed by atoms with E-state index in [1.807, 2.05) is 48.5 Å². The van der Waals surface area contributed by atoms with Gasteiger partial charge < -0.3 is 15.2 Å². The Morgan fingerprint density at radius 1 is 1.06 bits per heavy atom. The van der Waals surface area contributed by atoms with E-state index in [4.69, 9.17) is 0 Å². The van der Waals surface area contributed by atoms with Crippen molar-refractivity contribution in [3.8, 4) is 0 Å². The summed E-state index contributed by atoms with van der Waals surface area (Å²) in [6.07, 6.45) is 1.53. The van der Waals surface area contributed by atoms with Gasteiger partial charge in [0.25, 0.3) is 0 Å². The molecule has 1 atom stereocenters. The molecular weight excluding hydrogens is 389 g/mol. The molecule has 0 fully saturated rings. The van der Waals surface area contributed by atoms with Crippen LogP contribution in [0.15, 0.2) is 72.8 Å². The number of nitrogens with one attached hydrogen (secondary N) is 2. The Morgan fingerprint density at radius 2 is 1.81 bits per heavy atom. The van der Waals surface area contributed by atoms with Crippen LogP contribution in [0.1, 0.15) is 35.3 Å². The normalized spacial score (nSPS) is 15.7. The molecule has 0 saturated carbocycles. The summed E-state index contributed by atoms with van der Waals surface area (Å²) in [6.45, 7) is 2.57. The van der Waals surface area contributed by atoms with Crippen molar-refractivity contribution in [2.45, 2.75) is 25.8 Å². The van der Waals surface area contributed by atoms with Gasteiger partial charge in [-0.25, -0.2) is 9.18 Å². The van der Waals surface area contributed by atoms with Crippen molar-refractivity contribution in [2.75, 3.05) is 11.9 Å². The number of urea groups is 1. The van der Waals surface area contributed by atoms with Gasteiger partial charge >= 0.3 is 6.03 Å². The van der Waals surface area contributed by atoms with Crippen LogP contribution >= 0.6 is 0 Å². The van der Waals surface area contributed by atoms with E-state index >= 15 is 0 Å². The Morgan fingerprint density at radius 3 is 2.65 bits per heavy atom. The van der Waals surface area contributed by atoms with Crippen LogP contribution < -0.4 is 5.32 Å². The number of fused-ring (bicyclic) bond motifs is 3. The second-order valence-electron chi connectivity index (χ2n) is 7.87. The molecule has 1 aliphatic heterocycles. The summed E-state index contributed by atoms with van der Waals surface area (Å²) in [6, 6.07) is 21.9. The Bertz CT molecular complexity index is 1260. The third-order valence-electron chi connectivity index (χ3n) is 6.13. The van der Waals surface area contributed by atoms with Gasteiger partial charge in [0.1, 0.15) is 11.9 Å². The Balaban J connectivity index is 1.60. The first-order valence-corrected chi connectivity index (χ1v) is 10.7. The third kappa shape index (κ3) is 3.36. The maximum atomic E-state index is 14.9. The molecule has 0 aliphatic carbocycles. The monoisotopic (exact) mass is 413 g/mol. The van der Waals surface area contributed by atoms with Gasteiger partial charge in [0, 0.05) is 34.4 Å². The number of anilines is 1. The summed E-state index contributed by atoms with van der Waals surface area (Å²) >= 11 is 0. The lowest BCUT2D eigenvalue weighted by molar-refractivity contribution is 0.192. The molecule has 31 heavy (non-hydrogen) atoms. The lowest BCUT2D eigenvalue weighted by Crippen LogP contribution is -2.43. The van der Waals surface area contributed by atoms with Crippen molar-refractivity contribution in [3.05, 3.63) is 101 Å². The van der Waals surface area contributed by atoms with Gasteiger partial charge in [-0.05, 0) is 42.2 Å². The Kier molecular flexibility index (Phi) is 4.94. The molecule has 3 aromatic carbocycles. The second kappa shape index (κ2) is 7.91. The lowest BCUT2D eigenvalue weighted by Gasteiger charge is -2.36. The standard InChI is InChI=1S/C26H24FN3O/c1-2-17-9-3-7-13-22(17)29-26(31)30-16-15-19-18-10-5-8-14-23(18)28-24(19)25(30)20-11-4-6-12-21(20)27/h3-14,25,28H,2,15-16H2,1H3,(H,29,31)/t25-/m0/s1. The number of halogens is 1. The molecule has 2 amide bonds. The number of H-pyrrole nitrogens is 1. The van der Waals surface area contributed by atoms with Crippen LogP contribution in [0.5, 0.6) is 0 Å². The van der Waals surface area contributed by atoms with Crippen molar-refractivity contribution in [3.63, 3.8) is 0 Å². The number of carbonyl (C=O) groups is 1. The van der Waals surface area contributed by atoms with Crippen molar-refractivity contribution in [1.82, 2.24) is 9.88 Å². The van der Waals surface area contributed by atoms with E-state index in [9.17, 15) is 9.18 Å². The van der Waals surface area contributed by atoms with E-state index in [0.717, 1.165) is 39.8 Å². The van der Waals surface area contributed by atoms with Gasteiger partial charge in [-0.15, -0.1) is 0 Å². The predicted octanol–water partition coefficient (Wildman–Crippen LogP) is 6.05. The number of benzene rings is 3. The number of nitrogens with zero attached hydrogens (tertiary/aromatic N) is 1. The fourth-order valence-corrected chi connectivity index (χ4v) is 4.62. The van der Waals surface area contributed by atoms with Gasteiger partial charge in [-0.3, -0.25) is 0 Å². The summed E-state index contributed by atoms with van der Waals surface area (Å²) in [4.78, 5) is 18.6. The highest BCUT2D eigenvalue weighted by Gasteiger charge is 2.36. The first-order valence-electron chi connectivity index (χ1n) is 10.7. The van der Waals surface area contributed by atoms with Gasteiger partial charge in [0.05, 0.1) is 0 Å². The number of hydrogen-bond donors (Lipinski definition) is 2. The van der Waals surface area contributed by atoms with E-state index in [0.29, 0.717) is 18.5 Å². The highest BCUT2D eigenvalue weighted by molar-refractivity contribution is 5.92. The SMILES string of the molecule is CCc1ccccc1NC(=O)N1CCc2c([nH]c3ccccc23)[C@@H]1c1ccccc1F. The van der Waals surface area contributed by atoms with E-state index in [1.165, 1.54) is 6.07 Å². The van der Waals surface area contributed by atoms with Crippen LogP contribution in [0, 0.1) is 5.82 Å². The van der Waals surface area contributed by atoms with Gasteiger partial charge in [-0.1, -0.05) is 61.5 Å². The number of para-hydroxylation sites is 2. The Labute approximate surface area is 180 Å². The molecule has 0 unspecified atom stereocenters. The summed E-state index contributed by atoms with van der Waals surface area (Å²) in [7, 11) is 0. The van der Waals surface area contributed by atoms with Crippen molar-refractivity contribution in [1.29, 1.82) is 0 Å². The Hall–Kier alpha value is -3.60. The number of carbonyl (C=O) groups excluding carboxylic acids is 1. The maximum absolute atomic E-state index is 14.9. The second-order valence-corrected chi connectivity index (χ2v) is 7.87. The van der Waals surface area contributed by atoms with Crippen LogP contribution in [0.25, 0.3) is 10.9 Å². The van der Waals surface area contributed by atoms with Crippen LogP contribution in [0.2, 0.25) is 0 Å². The fraction of sp³-hybridized carbons (Fsp3) is 0.192. The molecule has 1 aliphatic rings. The predicted molar refractivity (Wildman–Crippen MR) is 122 cm³/mol. The number of aromatic nitrogens is 1. The minimum Gasteiger partial charge on any atom is -0.356 e. The van der Waals surface area contributed by atoms with E-state index in [1.54, 1.807) is 17.0 Å². The molecular formula is C26H24FN3O. The number of hydrogen-bond acceptors (Lipinski definition) is 1. The molecule has 0 radical (unpaired) electrons. The topological polar surface area (TPSA) is 48.1 Å². The quantitative estimate of drug-likeness (QED) is 0.422. The number of amides is 2. The molecule has 5 rings (SSSR count). The number of aromatic amines is 1. The average molecular weight is 413 g/mol. The third-order valence-corrected chi connectivity index (χ3v) is 6.13. The number of aryl methyl sites for hydroxylation is 1. The molecule has 2 N–H and O–H groups in total. The molecule has 1 aromatic heterocycles. The summed E-state index contributed by atoms with van der Waals surface area (Å²) in [5.74, 6) is -0.314. The molecule has 4 aromatic rings. The molecule has 0 spiro atoms. The largest absolute Gasteiger partial charge is 0.356 e. The van der Waals surface area contributed by atoms with Gasteiger partial charge in [0.15, 0.2) is 0 Å². The minimum atomic E-state index is -0.522. The van der Waals surface area contributed by atoms with E-state index in [-0.39, 0.29) is 11.8 Å². The smallest absolute Gasteiger partial charge is 0.322 e. The van der Waals surface area contributed by atoms with Crippen molar-refractivity contribution < 1.29 is 9.18 Å². The molecule has 4 nitrogen and oxygen atoms in total. The highest BCUT2D eigenvalue weighted by Crippen LogP contribution is 2.39. The van der Waals surface area contributed by atoms with Crippen LogP contribution in [0.4, 0.5) is 14.9 Å². The summed E-state index contributed by atoms with van der Waals surface area (Å²) in [5.41, 5.74) is 5.41.